The van der Waals surface area contributed by atoms with Crippen molar-refractivity contribution in [2.45, 2.75) is 13.8 Å². The maximum Gasteiger partial charge on any atom is 0.266 e. The predicted molar refractivity (Wildman–Crippen MR) is 128 cm³/mol. The van der Waals surface area contributed by atoms with Crippen LogP contribution in [0, 0.1) is 13.8 Å². The summed E-state index contributed by atoms with van der Waals surface area (Å²) in [6, 6.07) is 20.5. The Morgan fingerprint density at radius 3 is 2.09 bits per heavy atom. The van der Waals surface area contributed by atoms with Gasteiger partial charge in [0.15, 0.2) is 0 Å². The second-order valence-corrected chi connectivity index (χ2v) is 8.59. The number of hydrogen-bond acceptors (Lipinski definition) is 4. The van der Waals surface area contributed by atoms with Crippen molar-refractivity contribution in [2.24, 2.45) is 0 Å². The van der Waals surface area contributed by atoms with Gasteiger partial charge in [-0.3, -0.25) is 14.4 Å². The first-order valence-electron chi connectivity index (χ1n) is 11.1. The van der Waals surface area contributed by atoms with Gasteiger partial charge in [0.05, 0.1) is 16.8 Å². The predicted octanol–water partition coefficient (Wildman–Crippen LogP) is 4.07. The summed E-state index contributed by atoms with van der Waals surface area (Å²) >= 11 is 0. The number of amides is 3. The number of imide groups is 1. The molecule has 0 spiro atoms. The minimum Gasteiger partial charge on any atom is -0.368 e. The van der Waals surface area contributed by atoms with E-state index in [4.69, 9.17) is 0 Å². The Balaban J connectivity index is 1.34. The zero-order chi connectivity index (χ0) is 23.1. The van der Waals surface area contributed by atoms with Gasteiger partial charge in [0.1, 0.15) is 0 Å². The third-order valence-electron chi connectivity index (χ3n) is 6.57. The quantitative estimate of drug-likeness (QED) is 0.578. The monoisotopic (exact) mass is 439 g/mol. The number of benzene rings is 3. The number of anilines is 2. The molecule has 33 heavy (non-hydrogen) atoms. The van der Waals surface area contributed by atoms with Gasteiger partial charge < -0.3 is 9.80 Å². The van der Waals surface area contributed by atoms with E-state index < -0.39 is 0 Å². The molecule has 2 aliphatic rings. The summed E-state index contributed by atoms with van der Waals surface area (Å²) in [5.41, 5.74) is 4.86. The first kappa shape index (κ1) is 20.9. The molecule has 0 atom stereocenters. The van der Waals surface area contributed by atoms with Gasteiger partial charge in [-0.15, -0.1) is 0 Å². The van der Waals surface area contributed by atoms with Crippen molar-refractivity contribution in [1.29, 1.82) is 0 Å². The minimum atomic E-state index is -0.387. The largest absolute Gasteiger partial charge is 0.368 e. The van der Waals surface area contributed by atoms with Crippen molar-refractivity contribution in [2.75, 3.05) is 36.0 Å². The maximum atomic E-state index is 13.2. The molecule has 5 rings (SSSR count). The van der Waals surface area contributed by atoms with Crippen LogP contribution in [-0.4, -0.2) is 48.8 Å². The average molecular weight is 440 g/mol. The second-order valence-electron chi connectivity index (χ2n) is 8.59. The molecular weight excluding hydrogens is 414 g/mol. The summed E-state index contributed by atoms with van der Waals surface area (Å²) in [5, 5.41) is 0. The van der Waals surface area contributed by atoms with Crippen LogP contribution in [0.3, 0.4) is 0 Å². The molecule has 0 unspecified atom stereocenters. The second kappa shape index (κ2) is 8.20. The molecule has 3 aromatic rings. The molecule has 2 heterocycles. The van der Waals surface area contributed by atoms with Crippen LogP contribution in [0.25, 0.3) is 0 Å². The Hall–Kier alpha value is -3.93. The number of rotatable bonds is 3. The molecule has 0 aromatic heterocycles. The highest BCUT2D eigenvalue weighted by Crippen LogP contribution is 2.30. The lowest BCUT2D eigenvalue weighted by Gasteiger charge is -2.36. The van der Waals surface area contributed by atoms with Crippen LogP contribution in [-0.2, 0) is 0 Å². The highest BCUT2D eigenvalue weighted by atomic mass is 16.2. The first-order valence-corrected chi connectivity index (χ1v) is 11.1. The van der Waals surface area contributed by atoms with Crippen LogP contribution in [0.15, 0.2) is 66.7 Å². The Labute approximate surface area is 193 Å². The Morgan fingerprint density at radius 2 is 1.39 bits per heavy atom. The van der Waals surface area contributed by atoms with Crippen LogP contribution < -0.4 is 9.80 Å². The average Bonchev–Trinajstić information content (AvgIpc) is 3.10. The van der Waals surface area contributed by atoms with Gasteiger partial charge in [-0.1, -0.05) is 24.3 Å². The fourth-order valence-electron chi connectivity index (χ4n) is 4.46. The lowest BCUT2D eigenvalue weighted by atomic mass is 10.0. The molecule has 0 N–H and O–H groups in total. The number of para-hydroxylation sites is 1. The van der Waals surface area contributed by atoms with Crippen molar-refractivity contribution < 1.29 is 14.4 Å². The van der Waals surface area contributed by atoms with Crippen molar-refractivity contribution in [3.8, 4) is 0 Å². The normalized spacial score (nSPS) is 15.8. The molecule has 6 nitrogen and oxygen atoms in total. The summed E-state index contributed by atoms with van der Waals surface area (Å²) in [7, 11) is 0. The van der Waals surface area contributed by atoms with Crippen molar-refractivity contribution in [1.82, 2.24) is 4.90 Å². The molecule has 0 bridgehead atoms. The number of carbonyl (C=O) groups is 3. The number of nitrogens with zero attached hydrogens (tertiary/aromatic N) is 3. The highest BCUT2D eigenvalue weighted by Gasteiger charge is 2.37. The smallest absolute Gasteiger partial charge is 0.266 e. The van der Waals surface area contributed by atoms with Crippen LogP contribution in [0.1, 0.15) is 42.2 Å². The first-order chi connectivity index (χ1) is 15.9. The minimum absolute atomic E-state index is 0.115. The van der Waals surface area contributed by atoms with E-state index in [0.717, 1.165) is 29.9 Å². The van der Waals surface area contributed by atoms with E-state index in [1.807, 2.05) is 49.1 Å². The highest BCUT2D eigenvalue weighted by molar-refractivity contribution is 6.34. The van der Waals surface area contributed by atoms with E-state index in [1.165, 1.54) is 4.90 Å². The summed E-state index contributed by atoms with van der Waals surface area (Å²) in [6.07, 6.45) is 0. The SMILES string of the molecule is Cc1ccc(N2C(=O)c3ccc(C(=O)N4CCN(c5ccccc5)CC4)cc3C2=O)cc1C. The molecule has 2 aliphatic heterocycles. The molecule has 3 amide bonds. The Morgan fingerprint density at radius 1 is 0.697 bits per heavy atom. The Bertz CT molecular complexity index is 1260. The van der Waals surface area contributed by atoms with Crippen LogP contribution >= 0.6 is 0 Å². The van der Waals surface area contributed by atoms with Gasteiger partial charge in [-0.25, -0.2) is 4.90 Å². The lowest BCUT2D eigenvalue weighted by molar-refractivity contribution is 0.0746. The van der Waals surface area contributed by atoms with Crippen LogP contribution in [0.5, 0.6) is 0 Å². The summed E-state index contributed by atoms with van der Waals surface area (Å²) in [6.45, 7) is 6.64. The van der Waals surface area contributed by atoms with Crippen molar-refractivity contribution in [3.05, 3.63) is 94.5 Å². The lowest BCUT2D eigenvalue weighted by Crippen LogP contribution is -2.48. The van der Waals surface area contributed by atoms with E-state index in [1.54, 1.807) is 24.3 Å². The molecule has 0 saturated carbocycles. The summed E-state index contributed by atoms with van der Waals surface area (Å²) in [5.74, 6) is -0.856. The van der Waals surface area contributed by atoms with Gasteiger partial charge in [0, 0.05) is 37.4 Å². The van der Waals surface area contributed by atoms with Crippen molar-refractivity contribution >= 4 is 29.1 Å². The number of aryl methyl sites for hydroxylation is 2. The zero-order valence-electron chi connectivity index (χ0n) is 18.7. The number of hydrogen-bond donors (Lipinski definition) is 0. The Kier molecular flexibility index (Phi) is 5.21. The standard InChI is InChI=1S/C27H25N3O3/c1-18-8-10-22(16-19(18)2)30-26(32)23-11-9-20(17-24(23)27(30)33)25(31)29-14-12-28(13-15-29)21-6-4-3-5-7-21/h3-11,16-17H,12-15H2,1-2H3. The van der Waals surface area contributed by atoms with E-state index in [-0.39, 0.29) is 23.3 Å². The molecule has 3 aromatic carbocycles. The summed E-state index contributed by atoms with van der Waals surface area (Å²) in [4.78, 5) is 44.5. The van der Waals surface area contributed by atoms with Gasteiger partial charge in [0.2, 0.25) is 0 Å². The van der Waals surface area contributed by atoms with Crippen LogP contribution in [0.4, 0.5) is 11.4 Å². The third kappa shape index (κ3) is 3.67. The van der Waals surface area contributed by atoms with Gasteiger partial charge in [-0.05, 0) is 67.4 Å². The van der Waals surface area contributed by atoms with Gasteiger partial charge in [0.25, 0.3) is 17.7 Å². The third-order valence-corrected chi connectivity index (χ3v) is 6.57. The molecule has 1 fully saturated rings. The van der Waals surface area contributed by atoms with Crippen LogP contribution in [0.2, 0.25) is 0 Å². The topological polar surface area (TPSA) is 60.9 Å². The molecule has 0 radical (unpaired) electrons. The molecule has 6 heteroatoms. The number of piperazine rings is 1. The fraction of sp³-hybridized carbons (Fsp3) is 0.222. The molecule has 0 aliphatic carbocycles. The van der Waals surface area contributed by atoms with E-state index in [9.17, 15) is 14.4 Å². The van der Waals surface area contributed by atoms with Gasteiger partial charge >= 0.3 is 0 Å². The molecule has 1 saturated heterocycles. The zero-order valence-corrected chi connectivity index (χ0v) is 18.7. The summed E-state index contributed by atoms with van der Waals surface area (Å²) < 4.78 is 0. The number of fused-ring (bicyclic) bond motifs is 1. The molecular formula is C27H25N3O3. The van der Waals surface area contributed by atoms with E-state index in [2.05, 4.69) is 17.0 Å². The van der Waals surface area contributed by atoms with Gasteiger partial charge in [-0.2, -0.15) is 0 Å². The van der Waals surface area contributed by atoms with E-state index >= 15 is 0 Å². The molecule has 166 valence electrons. The maximum absolute atomic E-state index is 13.2. The van der Waals surface area contributed by atoms with E-state index in [0.29, 0.717) is 29.9 Å². The van der Waals surface area contributed by atoms with Crippen molar-refractivity contribution in [3.63, 3.8) is 0 Å². The number of carbonyl (C=O) groups excluding carboxylic acids is 3. The fourth-order valence-corrected chi connectivity index (χ4v) is 4.46.